The van der Waals surface area contributed by atoms with E-state index in [9.17, 15) is 10.1 Å². The second kappa shape index (κ2) is 9.42. The van der Waals surface area contributed by atoms with Crippen molar-refractivity contribution in [2.75, 3.05) is 5.32 Å². The van der Waals surface area contributed by atoms with E-state index in [1.807, 2.05) is 74.9 Å². The van der Waals surface area contributed by atoms with E-state index in [1.54, 1.807) is 6.20 Å². The molecule has 1 saturated carbocycles. The first-order valence-corrected chi connectivity index (χ1v) is 12.3. The number of aryl methyl sites for hydroxylation is 1. The number of amides is 2. The highest BCUT2D eigenvalue weighted by Gasteiger charge is 2.28. The van der Waals surface area contributed by atoms with E-state index in [0.717, 1.165) is 40.7 Å². The molecule has 4 aromatic rings. The normalized spacial score (nSPS) is 13.4. The molecule has 8 nitrogen and oxygen atoms in total. The van der Waals surface area contributed by atoms with Gasteiger partial charge in [-0.3, -0.25) is 0 Å². The third-order valence-corrected chi connectivity index (χ3v) is 6.75. The van der Waals surface area contributed by atoms with Crippen molar-refractivity contribution in [1.82, 2.24) is 19.4 Å². The standard InChI is InChI=1S/C28H30N6O2/c1-17(2)31-27(35)32-20-10-8-19(9-11-20)26-24(15-29)23-13-12-22(36-28-30-16-18(3)33(28)4)14-25(23)34(26)21-6-5-7-21/h8-14,16-17,21H,5-7H2,1-4H3,(H2,31,32,35). The summed E-state index contributed by atoms with van der Waals surface area (Å²) in [7, 11) is 1.92. The predicted octanol–water partition coefficient (Wildman–Crippen LogP) is 6.27. The molecule has 1 aliphatic rings. The fourth-order valence-electron chi connectivity index (χ4n) is 4.59. The molecule has 1 aliphatic carbocycles. The first kappa shape index (κ1) is 23.5. The van der Waals surface area contributed by atoms with E-state index in [1.165, 1.54) is 6.42 Å². The number of hydrogen-bond acceptors (Lipinski definition) is 4. The first-order valence-electron chi connectivity index (χ1n) is 12.3. The molecule has 0 atom stereocenters. The molecule has 1 fully saturated rings. The van der Waals surface area contributed by atoms with Crippen LogP contribution in [0.2, 0.25) is 0 Å². The van der Waals surface area contributed by atoms with Crippen LogP contribution in [0.1, 0.15) is 50.4 Å². The Morgan fingerprint density at radius 3 is 2.53 bits per heavy atom. The summed E-state index contributed by atoms with van der Waals surface area (Å²) >= 11 is 0. The van der Waals surface area contributed by atoms with Crippen molar-refractivity contribution in [3.63, 3.8) is 0 Å². The lowest BCUT2D eigenvalue weighted by Crippen LogP contribution is -2.34. The van der Waals surface area contributed by atoms with Crippen LogP contribution in [0.4, 0.5) is 10.5 Å². The van der Waals surface area contributed by atoms with Crippen molar-refractivity contribution >= 4 is 22.6 Å². The zero-order valence-electron chi connectivity index (χ0n) is 21.0. The van der Waals surface area contributed by atoms with Crippen LogP contribution in [-0.4, -0.2) is 26.2 Å². The smallest absolute Gasteiger partial charge is 0.319 e. The monoisotopic (exact) mass is 482 g/mol. The van der Waals surface area contributed by atoms with Gasteiger partial charge in [-0.05, 0) is 69.9 Å². The summed E-state index contributed by atoms with van der Waals surface area (Å²) in [5.41, 5.74) is 5.18. The quantitative estimate of drug-likeness (QED) is 0.338. The minimum absolute atomic E-state index is 0.0518. The van der Waals surface area contributed by atoms with Crippen LogP contribution < -0.4 is 15.4 Å². The Labute approximate surface area is 210 Å². The molecule has 0 spiro atoms. The van der Waals surface area contributed by atoms with Gasteiger partial charge in [-0.2, -0.15) is 5.26 Å². The molecular weight excluding hydrogens is 452 g/mol. The number of hydrogen-bond donors (Lipinski definition) is 2. The number of carbonyl (C=O) groups is 1. The van der Waals surface area contributed by atoms with Crippen LogP contribution in [0.25, 0.3) is 22.2 Å². The van der Waals surface area contributed by atoms with E-state index in [-0.39, 0.29) is 12.1 Å². The maximum atomic E-state index is 12.1. The number of anilines is 1. The predicted molar refractivity (Wildman–Crippen MR) is 140 cm³/mol. The van der Waals surface area contributed by atoms with Gasteiger partial charge in [0.15, 0.2) is 0 Å². The minimum atomic E-state index is -0.241. The Balaban J connectivity index is 1.56. The molecule has 5 rings (SSSR count). The molecule has 2 aromatic carbocycles. The van der Waals surface area contributed by atoms with Gasteiger partial charge in [0.25, 0.3) is 0 Å². The summed E-state index contributed by atoms with van der Waals surface area (Å²) in [5.74, 6) is 0.682. The van der Waals surface area contributed by atoms with E-state index in [0.29, 0.717) is 29.1 Å². The topological polar surface area (TPSA) is 96.9 Å². The van der Waals surface area contributed by atoms with Gasteiger partial charge in [0, 0.05) is 42.0 Å². The largest absolute Gasteiger partial charge is 0.425 e. The van der Waals surface area contributed by atoms with Crippen molar-refractivity contribution < 1.29 is 9.53 Å². The molecule has 0 radical (unpaired) electrons. The molecule has 0 bridgehead atoms. The number of nitrogens with one attached hydrogen (secondary N) is 2. The third kappa shape index (κ3) is 4.29. The molecule has 8 heteroatoms. The first-order chi connectivity index (χ1) is 17.4. The molecule has 2 amide bonds. The molecular formula is C28H30N6O2. The number of urea groups is 1. The van der Waals surface area contributed by atoms with Gasteiger partial charge in [-0.15, -0.1) is 0 Å². The average Bonchev–Trinajstić information content (AvgIpc) is 3.29. The summed E-state index contributed by atoms with van der Waals surface area (Å²) in [6, 6.07) is 16.6. The van der Waals surface area contributed by atoms with Crippen LogP contribution in [0.15, 0.2) is 48.7 Å². The number of ether oxygens (including phenoxy) is 1. The Kier molecular flexibility index (Phi) is 6.15. The summed E-state index contributed by atoms with van der Waals surface area (Å²) in [6.45, 7) is 5.81. The molecule has 2 aromatic heterocycles. The Morgan fingerprint density at radius 2 is 1.94 bits per heavy atom. The highest BCUT2D eigenvalue weighted by molar-refractivity contribution is 5.96. The number of carbonyl (C=O) groups excluding carboxylic acids is 1. The van der Waals surface area contributed by atoms with Gasteiger partial charge in [0.1, 0.15) is 11.8 Å². The van der Waals surface area contributed by atoms with E-state index < -0.39 is 0 Å². The van der Waals surface area contributed by atoms with Crippen molar-refractivity contribution in [3.8, 4) is 29.1 Å². The number of imidazole rings is 1. The van der Waals surface area contributed by atoms with Crippen molar-refractivity contribution in [3.05, 3.63) is 59.9 Å². The van der Waals surface area contributed by atoms with Crippen molar-refractivity contribution in [2.45, 2.75) is 52.1 Å². The van der Waals surface area contributed by atoms with Crippen LogP contribution in [-0.2, 0) is 7.05 Å². The maximum Gasteiger partial charge on any atom is 0.319 e. The maximum absolute atomic E-state index is 12.1. The lowest BCUT2D eigenvalue weighted by Gasteiger charge is -2.30. The second-order valence-corrected chi connectivity index (χ2v) is 9.64. The SMILES string of the molecule is Cc1cnc(Oc2ccc3c(C#N)c(-c4ccc(NC(=O)NC(C)C)cc4)n(C4CCC4)c3c2)n1C. The lowest BCUT2D eigenvalue weighted by atomic mass is 9.92. The Bertz CT molecular complexity index is 1470. The summed E-state index contributed by atoms with van der Waals surface area (Å²) in [5, 5.41) is 16.8. The highest BCUT2D eigenvalue weighted by Crippen LogP contribution is 2.43. The molecule has 0 unspecified atom stereocenters. The van der Waals surface area contributed by atoms with Gasteiger partial charge in [-0.1, -0.05) is 12.1 Å². The second-order valence-electron chi connectivity index (χ2n) is 9.64. The molecule has 36 heavy (non-hydrogen) atoms. The average molecular weight is 483 g/mol. The van der Waals surface area contributed by atoms with E-state index in [4.69, 9.17) is 4.74 Å². The van der Waals surface area contributed by atoms with Crippen LogP contribution in [0, 0.1) is 18.3 Å². The Morgan fingerprint density at radius 1 is 1.19 bits per heavy atom. The fraction of sp³-hybridized carbons (Fsp3) is 0.321. The highest BCUT2D eigenvalue weighted by atomic mass is 16.5. The van der Waals surface area contributed by atoms with Crippen molar-refractivity contribution in [2.24, 2.45) is 7.05 Å². The van der Waals surface area contributed by atoms with Gasteiger partial charge in [0.2, 0.25) is 0 Å². The summed E-state index contributed by atoms with van der Waals surface area (Å²) in [6.07, 6.45) is 5.09. The van der Waals surface area contributed by atoms with Gasteiger partial charge < -0.3 is 24.5 Å². The van der Waals surface area contributed by atoms with Crippen molar-refractivity contribution in [1.29, 1.82) is 5.26 Å². The number of rotatable bonds is 6. The molecule has 2 N–H and O–H groups in total. The van der Waals surface area contributed by atoms with Gasteiger partial charge in [-0.25, -0.2) is 9.78 Å². The molecule has 0 saturated heterocycles. The zero-order chi connectivity index (χ0) is 25.4. The van der Waals surface area contributed by atoms with Crippen LogP contribution in [0.3, 0.4) is 0 Å². The Hall–Kier alpha value is -4.25. The summed E-state index contributed by atoms with van der Waals surface area (Å²) < 4.78 is 10.3. The lowest BCUT2D eigenvalue weighted by molar-refractivity contribution is 0.250. The third-order valence-electron chi connectivity index (χ3n) is 6.75. The van der Waals surface area contributed by atoms with Crippen LogP contribution >= 0.6 is 0 Å². The number of fused-ring (bicyclic) bond motifs is 1. The minimum Gasteiger partial charge on any atom is -0.425 e. The molecule has 184 valence electrons. The van der Waals surface area contributed by atoms with E-state index in [2.05, 4.69) is 26.3 Å². The van der Waals surface area contributed by atoms with Crippen LogP contribution in [0.5, 0.6) is 11.8 Å². The van der Waals surface area contributed by atoms with Gasteiger partial charge >= 0.3 is 12.0 Å². The van der Waals surface area contributed by atoms with Gasteiger partial charge in [0.05, 0.1) is 23.0 Å². The number of aromatic nitrogens is 3. The number of nitrogens with zero attached hydrogens (tertiary/aromatic N) is 4. The van der Waals surface area contributed by atoms with E-state index >= 15 is 0 Å². The number of nitriles is 1. The fourth-order valence-corrected chi connectivity index (χ4v) is 4.59. The summed E-state index contributed by atoms with van der Waals surface area (Å²) in [4.78, 5) is 16.4. The zero-order valence-corrected chi connectivity index (χ0v) is 21.0. The number of benzene rings is 2. The molecule has 0 aliphatic heterocycles. The molecule has 2 heterocycles.